The van der Waals surface area contributed by atoms with Gasteiger partial charge in [-0.25, -0.2) is 9.59 Å². The molecule has 0 radical (unpaired) electrons. The SMILES string of the molecule is CCOC(=O)c1c(O)c2c(=O)oc(C)cc2n1C. The molecule has 18 heavy (non-hydrogen) atoms. The van der Waals surface area contributed by atoms with Crippen LogP contribution in [0.5, 0.6) is 5.75 Å². The van der Waals surface area contributed by atoms with E-state index in [1.54, 1.807) is 27.0 Å². The van der Waals surface area contributed by atoms with Crippen molar-refractivity contribution in [2.75, 3.05) is 6.61 Å². The molecule has 0 atom stereocenters. The van der Waals surface area contributed by atoms with Gasteiger partial charge in [-0.1, -0.05) is 0 Å². The topological polar surface area (TPSA) is 81.7 Å². The fourth-order valence-corrected chi connectivity index (χ4v) is 1.91. The number of rotatable bonds is 2. The predicted molar refractivity (Wildman–Crippen MR) is 63.8 cm³/mol. The van der Waals surface area contributed by atoms with Gasteiger partial charge in [-0.05, 0) is 13.8 Å². The number of aromatic nitrogens is 1. The zero-order chi connectivity index (χ0) is 13.4. The molecule has 2 heterocycles. The Kier molecular flexibility index (Phi) is 2.86. The van der Waals surface area contributed by atoms with Gasteiger partial charge in [0.25, 0.3) is 0 Å². The van der Waals surface area contributed by atoms with Crippen LogP contribution in [0.4, 0.5) is 0 Å². The molecule has 1 N–H and O–H groups in total. The van der Waals surface area contributed by atoms with Gasteiger partial charge in [-0.3, -0.25) is 0 Å². The largest absolute Gasteiger partial charge is 0.505 e. The molecule has 0 bridgehead atoms. The van der Waals surface area contributed by atoms with E-state index in [1.807, 2.05) is 0 Å². The first-order valence-corrected chi connectivity index (χ1v) is 5.46. The van der Waals surface area contributed by atoms with Gasteiger partial charge >= 0.3 is 11.6 Å². The van der Waals surface area contributed by atoms with Gasteiger partial charge in [-0.15, -0.1) is 0 Å². The molecular formula is C12H13NO5. The van der Waals surface area contributed by atoms with E-state index >= 15 is 0 Å². The minimum atomic E-state index is -0.675. The van der Waals surface area contributed by atoms with E-state index in [9.17, 15) is 14.7 Å². The Labute approximate surface area is 102 Å². The molecule has 2 rings (SSSR count). The van der Waals surface area contributed by atoms with E-state index < -0.39 is 17.3 Å². The Bertz CT molecular complexity index is 680. The van der Waals surface area contributed by atoms with Gasteiger partial charge in [0.05, 0.1) is 12.1 Å². The summed E-state index contributed by atoms with van der Waals surface area (Å²) in [4.78, 5) is 23.4. The lowest BCUT2D eigenvalue weighted by Crippen LogP contribution is -2.09. The van der Waals surface area contributed by atoms with Crippen LogP contribution in [0.2, 0.25) is 0 Å². The maximum Gasteiger partial charge on any atom is 0.358 e. The zero-order valence-electron chi connectivity index (χ0n) is 10.3. The number of ether oxygens (including phenoxy) is 1. The number of aromatic hydroxyl groups is 1. The first kappa shape index (κ1) is 12.2. The molecule has 0 aliphatic heterocycles. The van der Waals surface area contributed by atoms with Crippen molar-refractivity contribution in [2.45, 2.75) is 13.8 Å². The Morgan fingerprint density at radius 3 is 2.83 bits per heavy atom. The molecule has 0 amide bonds. The van der Waals surface area contributed by atoms with E-state index in [2.05, 4.69) is 0 Å². The van der Waals surface area contributed by atoms with Gasteiger partial charge in [0.15, 0.2) is 11.4 Å². The van der Waals surface area contributed by atoms with E-state index in [4.69, 9.17) is 9.15 Å². The van der Waals surface area contributed by atoms with Crippen molar-refractivity contribution in [3.8, 4) is 5.75 Å². The molecule has 0 spiro atoms. The summed E-state index contributed by atoms with van der Waals surface area (Å²) in [6.07, 6.45) is 0. The van der Waals surface area contributed by atoms with Gasteiger partial charge in [0, 0.05) is 13.1 Å². The first-order chi connectivity index (χ1) is 8.47. The summed E-state index contributed by atoms with van der Waals surface area (Å²) in [6, 6.07) is 1.58. The van der Waals surface area contributed by atoms with Crippen molar-refractivity contribution < 1.29 is 19.1 Å². The number of carbonyl (C=O) groups excluding carboxylic acids is 1. The molecule has 2 aromatic rings. The van der Waals surface area contributed by atoms with Crippen LogP contribution in [-0.4, -0.2) is 22.2 Å². The van der Waals surface area contributed by atoms with Gasteiger partial charge in [0.1, 0.15) is 11.1 Å². The van der Waals surface area contributed by atoms with E-state index in [1.165, 1.54) is 4.57 Å². The number of aryl methyl sites for hydroxylation is 2. The number of carbonyl (C=O) groups is 1. The standard InChI is InChI=1S/C12H13NO5/c1-4-17-12(16)9-10(14)8-7(13(9)3)5-6(2)18-11(8)15/h5,14H,4H2,1-3H3. The minimum absolute atomic E-state index is 0.00819. The molecule has 0 saturated carbocycles. The maximum atomic E-state index is 11.7. The lowest BCUT2D eigenvalue weighted by atomic mass is 10.3. The van der Waals surface area contributed by atoms with E-state index in [0.717, 1.165) is 0 Å². The summed E-state index contributed by atoms with van der Waals surface area (Å²) in [7, 11) is 1.58. The van der Waals surface area contributed by atoms with E-state index in [-0.39, 0.29) is 17.7 Å². The Morgan fingerprint density at radius 2 is 2.22 bits per heavy atom. The number of hydrogen-bond donors (Lipinski definition) is 1. The third-order valence-electron chi connectivity index (χ3n) is 2.68. The molecule has 0 aliphatic rings. The number of nitrogens with zero attached hydrogens (tertiary/aromatic N) is 1. The molecular weight excluding hydrogens is 238 g/mol. The lowest BCUT2D eigenvalue weighted by molar-refractivity contribution is 0.0512. The smallest absolute Gasteiger partial charge is 0.358 e. The molecule has 0 saturated heterocycles. The summed E-state index contributed by atoms with van der Waals surface area (Å²) in [5.74, 6) is -0.672. The summed E-state index contributed by atoms with van der Waals surface area (Å²) >= 11 is 0. The summed E-state index contributed by atoms with van der Waals surface area (Å²) in [6.45, 7) is 3.47. The lowest BCUT2D eigenvalue weighted by Gasteiger charge is -2.03. The fourth-order valence-electron chi connectivity index (χ4n) is 1.91. The number of fused-ring (bicyclic) bond motifs is 1. The van der Waals surface area contributed by atoms with Crippen LogP contribution in [0.3, 0.4) is 0 Å². The average molecular weight is 251 g/mol. The highest BCUT2D eigenvalue weighted by Crippen LogP contribution is 2.29. The summed E-state index contributed by atoms with van der Waals surface area (Å²) in [5.41, 5.74) is -0.289. The zero-order valence-corrected chi connectivity index (χ0v) is 10.3. The molecule has 0 aliphatic carbocycles. The summed E-state index contributed by atoms with van der Waals surface area (Å²) in [5, 5.41) is 9.95. The predicted octanol–water partition coefficient (Wildman–Crippen LogP) is 1.32. The minimum Gasteiger partial charge on any atom is -0.505 e. The van der Waals surface area contributed by atoms with Gasteiger partial charge < -0.3 is 18.8 Å². The highest BCUT2D eigenvalue weighted by Gasteiger charge is 2.24. The van der Waals surface area contributed by atoms with Crippen LogP contribution >= 0.6 is 0 Å². The summed E-state index contributed by atoms with van der Waals surface area (Å²) < 4.78 is 11.2. The monoisotopic (exact) mass is 251 g/mol. The van der Waals surface area contributed by atoms with Crippen LogP contribution < -0.4 is 5.63 Å². The molecule has 0 unspecified atom stereocenters. The molecule has 6 heteroatoms. The molecule has 96 valence electrons. The normalized spacial score (nSPS) is 10.8. The van der Waals surface area contributed by atoms with Crippen molar-refractivity contribution in [1.82, 2.24) is 4.57 Å². The second-order valence-corrected chi connectivity index (χ2v) is 3.88. The molecule has 6 nitrogen and oxygen atoms in total. The highest BCUT2D eigenvalue weighted by atomic mass is 16.5. The molecule has 0 aromatic carbocycles. The molecule has 2 aromatic heterocycles. The van der Waals surface area contributed by atoms with E-state index in [0.29, 0.717) is 11.3 Å². The number of hydrogen-bond acceptors (Lipinski definition) is 5. The van der Waals surface area contributed by atoms with Crippen molar-refractivity contribution in [1.29, 1.82) is 0 Å². The number of esters is 1. The maximum absolute atomic E-state index is 11.7. The van der Waals surface area contributed by atoms with Crippen LogP contribution in [0, 0.1) is 6.92 Å². The first-order valence-electron chi connectivity index (χ1n) is 5.46. The van der Waals surface area contributed by atoms with Crippen LogP contribution in [0.1, 0.15) is 23.2 Å². The van der Waals surface area contributed by atoms with Gasteiger partial charge in [0.2, 0.25) is 0 Å². The van der Waals surface area contributed by atoms with Crippen LogP contribution in [0.15, 0.2) is 15.3 Å². The Hall–Kier alpha value is -2.24. The second kappa shape index (κ2) is 4.21. The molecule has 0 fully saturated rings. The van der Waals surface area contributed by atoms with Crippen molar-refractivity contribution in [2.24, 2.45) is 7.05 Å². The third-order valence-corrected chi connectivity index (χ3v) is 2.68. The van der Waals surface area contributed by atoms with Crippen molar-refractivity contribution in [3.05, 3.63) is 27.9 Å². The Balaban J connectivity index is 2.81. The van der Waals surface area contributed by atoms with Gasteiger partial charge in [-0.2, -0.15) is 0 Å². The van der Waals surface area contributed by atoms with Crippen molar-refractivity contribution in [3.63, 3.8) is 0 Å². The van der Waals surface area contributed by atoms with Crippen LogP contribution in [-0.2, 0) is 11.8 Å². The average Bonchev–Trinajstić information content (AvgIpc) is 2.51. The van der Waals surface area contributed by atoms with Crippen LogP contribution in [0.25, 0.3) is 10.9 Å². The highest BCUT2D eigenvalue weighted by molar-refractivity contribution is 6.01. The second-order valence-electron chi connectivity index (χ2n) is 3.88. The Morgan fingerprint density at radius 1 is 1.56 bits per heavy atom. The quantitative estimate of drug-likeness (QED) is 0.814. The fraction of sp³-hybridized carbons (Fsp3) is 0.333. The third kappa shape index (κ3) is 1.66. The van der Waals surface area contributed by atoms with Crippen molar-refractivity contribution >= 4 is 16.9 Å².